The van der Waals surface area contributed by atoms with E-state index in [1.807, 2.05) is 0 Å². The highest BCUT2D eigenvalue weighted by molar-refractivity contribution is 7.99. The summed E-state index contributed by atoms with van der Waals surface area (Å²) in [4.78, 5) is 26.4. The summed E-state index contributed by atoms with van der Waals surface area (Å²) in [6, 6.07) is 8.41. The first-order valence-electron chi connectivity index (χ1n) is 11.4. The van der Waals surface area contributed by atoms with E-state index in [9.17, 15) is 32.3 Å². The highest BCUT2D eigenvalue weighted by Gasteiger charge is 2.57. The zero-order valence-electron chi connectivity index (χ0n) is 19.9. The fourth-order valence-electron chi connectivity index (χ4n) is 4.32. The molecule has 3 aromatic rings. The van der Waals surface area contributed by atoms with Crippen molar-refractivity contribution < 1.29 is 41.4 Å². The summed E-state index contributed by atoms with van der Waals surface area (Å²) >= 11 is 0.928. The predicted octanol–water partition coefficient (Wildman–Crippen LogP) is 5.08. The number of hydrogen-bond acceptors (Lipinski definition) is 5. The summed E-state index contributed by atoms with van der Waals surface area (Å²) < 4.78 is 75.9. The Labute approximate surface area is 213 Å². The number of halogens is 5. The zero-order chi connectivity index (χ0) is 27.1. The van der Waals surface area contributed by atoms with E-state index in [-0.39, 0.29) is 29.1 Å². The summed E-state index contributed by atoms with van der Waals surface area (Å²) in [7, 11) is 0. The molecule has 37 heavy (non-hydrogen) atoms. The van der Waals surface area contributed by atoms with E-state index in [0.717, 1.165) is 16.7 Å². The smallest absolute Gasteiger partial charge is 0.419 e. The van der Waals surface area contributed by atoms with Crippen LogP contribution in [0.25, 0.3) is 10.9 Å². The lowest BCUT2D eigenvalue weighted by atomic mass is 10.0. The zero-order valence-corrected chi connectivity index (χ0v) is 20.7. The molecular formula is C25H23F5N2O4S. The summed E-state index contributed by atoms with van der Waals surface area (Å²) in [6.45, 7) is 1.54. The number of carbonyl (C=O) groups is 2. The Morgan fingerprint density at radius 1 is 1.16 bits per heavy atom. The molecule has 2 aromatic carbocycles. The lowest BCUT2D eigenvalue weighted by molar-refractivity contribution is -0.253. The minimum atomic E-state index is -4.89. The number of hydrogen-bond donors (Lipinski definition) is 1. The first kappa shape index (κ1) is 26.9. The number of nitrogens with zero attached hydrogens (tertiary/aromatic N) is 2. The van der Waals surface area contributed by atoms with Crippen LogP contribution in [0.2, 0.25) is 0 Å². The number of likely N-dealkylation sites (tertiary alicyclic amines) is 1. The summed E-state index contributed by atoms with van der Waals surface area (Å²) in [5.41, 5.74) is -2.85. The van der Waals surface area contributed by atoms with Gasteiger partial charge in [-0.1, -0.05) is 30.0 Å². The summed E-state index contributed by atoms with van der Waals surface area (Å²) in [5, 5.41) is 10.3. The Balaban J connectivity index is 1.69. The van der Waals surface area contributed by atoms with Crippen LogP contribution in [0.5, 0.6) is 0 Å². The van der Waals surface area contributed by atoms with Crippen molar-refractivity contribution in [1.29, 1.82) is 0 Å². The quantitative estimate of drug-likeness (QED) is 0.348. The molecule has 2 heterocycles. The van der Waals surface area contributed by atoms with Crippen LogP contribution in [0.4, 0.5) is 22.0 Å². The van der Waals surface area contributed by atoms with Crippen LogP contribution in [0.1, 0.15) is 29.4 Å². The fourth-order valence-corrected chi connectivity index (χ4v) is 5.42. The van der Waals surface area contributed by atoms with Crippen molar-refractivity contribution in [1.82, 2.24) is 9.47 Å². The molecule has 1 atom stereocenters. The Morgan fingerprint density at radius 3 is 2.51 bits per heavy atom. The third-order valence-electron chi connectivity index (χ3n) is 6.33. The molecule has 1 saturated heterocycles. The molecule has 0 radical (unpaired) electrons. The number of ether oxygens (including phenoxy) is 1. The van der Waals surface area contributed by atoms with Gasteiger partial charge < -0.3 is 19.3 Å². The highest BCUT2D eigenvalue weighted by Crippen LogP contribution is 2.41. The first-order chi connectivity index (χ1) is 17.4. The number of amides is 1. The summed E-state index contributed by atoms with van der Waals surface area (Å²) in [6.07, 6.45) is -5.55. The molecule has 1 fully saturated rings. The highest BCUT2D eigenvalue weighted by atomic mass is 32.2. The molecule has 0 saturated carbocycles. The molecule has 1 N–H and O–H groups in total. The number of fused-ring (bicyclic) bond motifs is 1. The minimum Gasteiger partial charge on any atom is -0.462 e. The van der Waals surface area contributed by atoms with Crippen LogP contribution >= 0.6 is 11.8 Å². The maximum absolute atomic E-state index is 15.2. The third-order valence-corrected chi connectivity index (χ3v) is 7.58. The van der Waals surface area contributed by atoms with Crippen molar-refractivity contribution in [2.45, 2.75) is 48.4 Å². The molecule has 0 spiro atoms. The number of aromatic nitrogens is 1. The van der Waals surface area contributed by atoms with Crippen molar-refractivity contribution in [3.63, 3.8) is 0 Å². The van der Waals surface area contributed by atoms with Crippen LogP contribution in [-0.2, 0) is 16.1 Å². The molecule has 198 valence electrons. The average Bonchev–Trinajstić information content (AvgIpc) is 3.36. The van der Waals surface area contributed by atoms with E-state index >= 15 is 4.39 Å². The van der Waals surface area contributed by atoms with Crippen molar-refractivity contribution in [3.05, 3.63) is 59.3 Å². The van der Waals surface area contributed by atoms with Gasteiger partial charge >= 0.3 is 12.1 Å². The largest absolute Gasteiger partial charge is 0.462 e. The summed E-state index contributed by atoms with van der Waals surface area (Å²) in [5.74, 6) is -3.05. The van der Waals surface area contributed by atoms with Gasteiger partial charge in [0.2, 0.25) is 5.91 Å². The van der Waals surface area contributed by atoms with Gasteiger partial charge in [-0.25, -0.2) is 13.6 Å². The molecule has 1 unspecified atom stereocenters. The van der Waals surface area contributed by atoms with Crippen LogP contribution in [0.3, 0.4) is 0 Å². The molecular weight excluding hydrogens is 519 g/mol. The van der Waals surface area contributed by atoms with Gasteiger partial charge in [-0.2, -0.15) is 13.2 Å². The van der Waals surface area contributed by atoms with Gasteiger partial charge in [-0.05, 0) is 32.0 Å². The molecule has 4 rings (SSSR count). The second-order valence-electron chi connectivity index (χ2n) is 8.67. The first-order valence-corrected chi connectivity index (χ1v) is 12.2. The third kappa shape index (κ3) is 4.91. The standard InChI is InChI=1S/C25H23F5N2O4S/c1-3-36-23(34)15-6-5-9-18(20(15)27)37-22-14(2)32(21-16(22)7-4-8-17(21)26)12-19(33)31-11-10-24(35,13-31)25(28,29)30/h4-9,35H,3,10-13H2,1-2H3. The van der Waals surface area contributed by atoms with E-state index < -0.39 is 54.8 Å². The van der Waals surface area contributed by atoms with Crippen LogP contribution < -0.4 is 0 Å². The Hall–Kier alpha value is -3.12. The molecule has 0 bridgehead atoms. The molecule has 1 aliphatic rings. The van der Waals surface area contributed by atoms with Gasteiger partial charge in [-0.15, -0.1) is 0 Å². The number of alkyl halides is 3. The van der Waals surface area contributed by atoms with E-state index in [0.29, 0.717) is 16.0 Å². The second kappa shape index (κ2) is 9.97. The molecule has 1 amide bonds. The van der Waals surface area contributed by atoms with Gasteiger partial charge in [0, 0.05) is 33.8 Å². The number of benzene rings is 2. The van der Waals surface area contributed by atoms with Gasteiger partial charge in [0.15, 0.2) is 11.4 Å². The van der Waals surface area contributed by atoms with Crippen molar-refractivity contribution in [2.75, 3.05) is 19.7 Å². The number of rotatable bonds is 6. The number of carbonyl (C=O) groups excluding carboxylic acids is 2. The maximum Gasteiger partial charge on any atom is 0.419 e. The lowest BCUT2D eigenvalue weighted by Crippen LogP contribution is -2.48. The van der Waals surface area contributed by atoms with E-state index in [1.54, 1.807) is 19.9 Å². The van der Waals surface area contributed by atoms with Crippen molar-refractivity contribution in [2.24, 2.45) is 0 Å². The molecule has 0 aliphatic carbocycles. The van der Waals surface area contributed by atoms with E-state index in [1.165, 1.54) is 34.9 Å². The van der Waals surface area contributed by atoms with Crippen molar-refractivity contribution in [3.8, 4) is 0 Å². The number of β-amino-alcohol motifs (C(OH)–C–C–N with tert-alkyl or cyclic N) is 1. The van der Waals surface area contributed by atoms with Crippen molar-refractivity contribution >= 4 is 34.5 Å². The van der Waals surface area contributed by atoms with Gasteiger partial charge in [0.1, 0.15) is 12.4 Å². The lowest BCUT2D eigenvalue weighted by Gasteiger charge is -2.26. The number of para-hydroxylation sites is 1. The van der Waals surface area contributed by atoms with Crippen LogP contribution in [-0.4, -0.2) is 57.9 Å². The Morgan fingerprint density at radius 2 is 1.86 bits per heavy atom. The topological polar surface area (TPSA) is 71.8 Å². The Bertz CT molecular complexity index is 1370. The molecule has 1 aromatic heterocycles. The number of aliphatic hydroxyl groups is 1. The number of esters is 1. The predicted molar refractivity (Wildman–Crippen MR) is 125 cm³/mol. The SMILES string of the molecule is CCOC(=O)c1cccc(Sc2c(C)n(CC(=O)N3CCC(O)(C(F)(F)F)C3)c3c(F)cccc23)c1F. The second-order valence-corrected chi connectivity index (χ2v) is 9.72. The molecule has 1 aliphatic heterocycles. The monoisotopic (exact) mass is 542 g/mol. The molecule has 6 nitrogen and oxygen atoms in total. The Kier molecular flexibility index (Phi) is 7.26. The van der Waals surface area contributed by atoms with Gasteiger partial charge in [0.05, 0.1) is 24.2 Å². The van der Waals surface area contributed by atoms with Gasteiger partial charge in [-0.3, -0.25) is 4.79 Å². The van der Waals surface area contributed by atoms with Gasteiger partial charge in [0.25, 0.3) is 0 Å². The minimum absolute atomic E-state index is 0.0306. The van der Waals surface area contributed by atoms with E-state index in [4.69, 9.17) is 4.74 Å². The van der Waals surface area contributed by atoms with Crippen LogP contribution in [0, 0.1) is 18.6 Å². The molecule has 12 heteroatoms. The van der Waals surface area contributed by atoms with Crippen LogP contribution in [0.15, 0.2) is 46.2 Å². The average molecular weight is 543 g/mol. The normalized spacial score (nSPS) is 18.0. The fraction of sp³-hybridized carbons (Fsp3) is 0.360. The maximum atomic E-state index is 15.2. The van der Waals surface area contributed by atoms with E-state index in [2.05, 4.69) is 0 Å².